The average Bonchev–Trinajstić information content (AvgIpc) is 2.64. The van der Waals surface area contributed by atoms with Crippen LogP contribution in [-0.2, 0) is 4.79 Å². The number of carbonyl (C=O) groups is 1. The van der Waals surface area contributed by atoms with Gasteiger partial charge in [0, 0.05) is 18.8 Å². The number of amides is 1. The van der Waals surface area contributed by atoms with Crippen molar-refractivity contribution in [3.8, 4) is 0 Å². The molecule has 1 fully saturated rings. The van der Waals surface area contributed by atoms with Crippen LogP contribution in [0.5, 0.6) is 0 Å². The number of hydrogen-bond donors (Lipinski definition) is 1. The van der Waals surface area contributed by atoms with Gasteiger partial charge in [0.2, 0.25) is 5.91 Å². The highest BCUT2D eigenvalue weighted by atomic mass is 35.5. The van der Waals surface area contributed by atoms with Gasteiger partial charge in [0.15, 0.2) is 0 Å². The molecule has 0 aliphatic heterocycles. The summed E-state index contributed by atoms with van der Waals surface area (Å²) in [5, 5.41) is 2.79. The maximum Gasteiger partial charge on any atom is 0.220 e. The molecule has 3 heteroatoms. The molecule has 0 aromatic rings. The van der Waals surface area contributed by atoms with E-state index in [4.69, 9.17) is 11.6 Å². The molecule has 0 radical (unpaired) electrons. The molecule has 0 atom stereocenters. The SMILES string of the molecule is O=C(CCC1CCCC1)NCCCl. The Morgan fingerprint density at radius 3 is 2.69 bits per heavy atom. The van der Waals surface area contributed by atoms with Crippen molar-refractivity contribution >= 4 is 17.5 Å². The number of rotatable bonds is 5. The monoisotopic (exact) mass is 203 g/mol. The molecular weight excluding hydrogens is 186 g/mol. The molecule has 1 N–H and O–H groups in total. The molecule has 0 saturated heterocycles. The van der Waals surface area contributed by atoms with Gasteiger partial charge in [0.05, 0.1) is 0 Å². The Morgan fingerprint density at radius 1 is 1.38 bits per heavy atom. The van der Waals surface area contributed by atoms with Crippen LogP contribution >= 0.6 is 11.6 Å². The fraction of sp³-hybridized carbons (Fsp3) is 0.900. The largest absolute Gasteiger partial charge is 0.355 e. The van der Waals surface area contributed by atoms with Gasteiger partial charge in [-0.25, -0.2) is 0 Å². The number of nitrogens with one attached hydrogen (secondary N) is 1. The number of alkyl halides is 1. The van der Waals surface area contributed by atoms with E-state index < -0.39 is 0 Å². The molecule has 76 valence electrons. The minimum Gasteiger partial charge on any atom is -0.355 e. The molecule has 0 spiro atoms. The highest BCUT2D eigenvalue weighted by Gasteiger charge is 2.15. The first kappa shape index (κ1) is 10.8. The fourth-order valence-electron chi connectivity index (χ4n) is 1.91. The van der Waals surface area contributed by atoms with Crippen LogP contribution < -0.4 is 5.32 Å². The van der Waals surface area contributed by atoms with Gasteiger partial charge in [0.1, 0.15) is 0 Å². The van der Waals surface area contributed by atoms with Gasteiger partial charge < -0.3 is 5.32 Å². The zero-order chi connectivity index (χ0) is 9.52. The lowest BCUT2D eigenvalue weighted by Crippen LogP contribution is -2.25. The summed E-state index contributed by atoms with van der Waals surface area (Å²) in [6, 6.07) is 0. The van der Waals surface area contributed by atoms with Crippen molar-refractivity contribution in [2.24, 2.45) is 5.92 Å². The lowest BCUT2D eigenvalue weighted by molar-refractivity contribution is -0.121. The summed E-state index contributed by atoms with van der Waals surface area (Å²) in [4.78, 5) is 11.2. The molecule has 1 rings (SSSR count). The van der Waals surface area contributed by atoms with E-state index in [1.54, 1.807) is 0 Å². The van der Waals surface area contributed by atoms with Gasteiger partial charge in [-0.1, -0.05) is 25.7 Å². The first-order valence-corrected chi connectivity index (χ1v) is 5.69. The Bertz CT molecular complexity index is 155. The van der Waals surface area contributed by atoms with E-state index in [9.17, 15) is 4.79 Å². The summed E-state index contributed by atoms with van der Waals surface area (Å²) in [7, 11) is 0. The van der Waals surface area contributed by atoms with Crippen LogP contribution in [0.15, 0.2) is 0 Å². The molecule has 0 aromatic carbocycles. The molecule has 1 aliphatic rings. The zero-order valence-electron chi connectivity index (χ0n) is 8.02. The van der Waals surface area contributed by atoms with Crippen LogP contribution in [-0.4, -0.2) is 18.3 Å². The van der Waals surface area contributed by atoms with Crippen molar-refractivity contribution in [1.82, 2.24) is 5.32 Å². The number of halogens is 1. The maximum absolute atomic E-state index is 11.2. The summed E-state index contributed by atoms with van der Waals surface area (Å²) in [6.45, 7) is 0.602. The molecule has 0 bridgehead atoms. The molecule has 1 amide bonds. The maximum atomic E-state index is 11.2. The number of carbonyl (C=O) groups excluding carboxylic acids is 1. The van der Waals surface area contributed by atoms with E-state index in [0.717, 1.165) is 12.3 Å². The van der Waals surface area contributed by atoms with Crippen LogP contribution in [0, 0.1) is 5.92 Å². The standard InChI is InChI=1S/C10H18ClNO/c11-7-8-12-10(13)6-5-9-3-1-2-4-9/h9H,1-8H2,(H,12,13). The second-order valence-corrected chi connectivity index (χ2v) is 4.11. The summed E-state index contributed by atoms with van der Waals surface area (Å²) in [5.74, 6) is 1.48. The van der Waals surface area contributed by atoms with E-state index >= 15 is 0 Å². The average molecular weight is 204 g/mol. The van der Waals surface area contributed by atoms with Crippen LogP contribution in [0.2, 0.25) is 0 Å². The Morgan fingerprint density at radius 2 is 2.08 bits per heavy atom. The van der Waals surface area contributed by atoms with Gasteiger partial charge in [-0.15, -0.1) is 11.6 Å². The Hall–Kier alpha value is -0.240. The molecule has 1 aliphatic carbocycles. The van der Waals surface area contributed by atoms with Crippen molar-refractivity contribution in [2.75, 3.05) is 12.4 Å². The lowest BCUT2D eigenvalue weighted by atomic mass is 10.0. The Labute approximate surface area is 85.0 Å². The van der Waals surface area contributed by atoms with Crippen LogP contribution in [0.3, 0.4) is 0 Å². The third-order valence-electron chi connectivity index (χ3n) is 2.67. The molecule has 0 aromatic heterocycles. The number of hydrogen-bond acceptors (Lipinski definition) is 1. The first-order chi connectivity index (χ1) is 6.33. The van der Waals surface area contributed by atoms with Gasteiger partial charge >= 0.3 is 0 Å². The van der Waals surface area contributed by atoms with Crippen molar-refractivity contribution in [2.45, 2.75) is 38.5 Å². The lowest BCUT2D eigenvalue weighted by Gasteiger charge is -2.07. The van der Waals surface area contributed by atoms with Crippen molar-refractivity contribution in [1.29, 1.82) is 0 Å². The normalized spacial score (nSPS) is 17.6. The smallest absolute Gasteiger partial charge is 0.220 e. The summed E-state index contributed by atoms with van der Waals surface area (Å²) >= 11 is 5.46. The summed E-state index contributed by atoms with van der Waals surface area (Å²) in [5.41, 5.74) is 0. The van der Waals surface area contributed by atoms with Gasteiger partial charge in [-0.3, -0.25) is 4.79 Å². The predicted molar refractivity (Wildman–Crippen MR) is 54.9 cm³/mol. The minimum atomic E-state index is 0.160. The first-order valence-electron chi connectivity index (χ1n) is 5.15. The van der Waals surface area contributed by atoms with Crippen molar-refractivity contribution in [3.63, 3.8) is 0 Å². The van der Waals surface area contributed by atoms with E-state index in [2.05, 4.69) is 5.32 Å². The molecular formula is C10H18ClNO. The molecule has 0 heterocycles. The third kappa shape index (κ3) is 4.51. The second kappa shape index (κ2) is 6.25. The highest BCUT2D eigenvalue weighted by molar-refractivity contribution is 6.18. The minimum absolute atomic E-state index is 0.160. The predicted octanol–water partition coefficient (Wildman–Crippen LogP) is 2.31. The highest BCUT2D eigenvalue weighted by Crippen LogP contribution is 2.28. The van der Waals surface area contributed by atoms with Crippen LogP contribution in [0.25, 0.3) is 0 Å². The van der Waals surface area contributed by atoms with Crippen molar-refractivity contribution < 1.29 is 4.79 Å². The van der Waals surface area contributed by atoms with Crippen LogP contribution in [0.1, 0.15) is 38.5 Å². The molecule has 2 nitrogen and oxygen atoms in total. The summed E-state index contributed by atoms with van der Waals surface area (Å²) in [6.07, 6.45) is 7.10. The topological polar surface area (TPSA) is 29.1 Å². The van der Waals surface area contributed by atoms with E-state index in [0.29, 0.717) is 18.8 Å². The molecule has 0 unspecified atom stereocenters. The van der Waals surface area contributed by atoms with Gasteiger partial charge in [0.25, 0.3) is 0 Å². The van der Waals surface area contributed by atoms with Crippen LogP contribution in [0.4, 0.5) is 0 Å². The van der Waals surface area contributed by atoms with Crippen molar-refractivity contribution in [3.05, 3.63) is 0 Å². The molecule has 13 heavy (non-hydrogen) atoms. The van der Waals surface area contributed by atoms with E-state index in [1.807, 2.05) is 0 Å². The second-order valence-electron chi connectivity index (χ2n) is 3.73. The third-order valence-corrected chi connectivity index (χ3v) is 2.86. The van der Waals surface area contributed by atoms with E-state index in [-0.39, 0.29) is 5.91 Å². The Balaban J connectivity index is 2.00. The molecule has 1 saturated carbocycles. The zero-order valence-corrected chi connectivity index (χ0v) is 8.78. The summed E-state index contributed by atoms with van der Waals surface area (Å²) < 4.78 is 0. The van der Waals surface area contributed by atoms with E-state index in [1.165, 1.54) is 25.7 Å². The van der Waals surface area contributed by atoms with Gasteiger partial charge in [-0.05, 0) is 12.3 Å². The van der Waals surface area contributed by atoms with Gasteiger partial charge in [-0.2, -0.15) is 0 Å². The quantitative estimate of drug-likeness (QED) is 0.683. The fourth-order valence-corrected chi connectivity index (χ4v) is 2.00. The Kier molecular flexibility index (Phi) is 5.21.